The first-order valence-electron chi connectivity index (χ1n) is 6.82. The van der Waals surface area contributed by atoms with Crippen LogP contribution in [0.15, 0.2) is 27.8 Å². The second-order valence-corrected chi connectivity index (χ2v) is 7.56. The highest BCUT2D eigenvalue weighted by atomic mass is 35.5. The average molecular weight is 375 g/mol. The topological polar surface area (TPSA) is 65.2 Å². The lowest BCUT2D eigenvalue weighted by Gasteiger charge is -2.14. The summed E-state index contributed by atoms with van der Waals surface area (Å²) >= 11 is 13.0. The molecule has 0 fully saturated rings. The third kappa shape index (κ3) is 5.41. The molecule has 124 valence electrons. The van der Waals surface area contributed by atoms with Crippen LogP contribution in [0.2, 0.25) is 10.0 Å². The van der Waals surface area contributed by atoms with Crippen molar-refractivity contribution in [2.45, 2.75) is 32.6 Å². The van der Waals surface area contributed by atoms with E-state index in [1.807, 2.05) is 20.8 Å². The summed E-state index contributed by atoms with van der Waals surface area (Å²) in [7, 11) is 0. The monoisotopic (exact) mass is 374 g/mol. The summed E-state index contributed by atoms with van der Waals surface area (Å²) in [6.07, 6.45) is 0. The van der Waals surface area contributed by atoms with Gasteiger partial charge in [-0.1, -0.05) is 55.7 Å². The van der Waals surface area contributed by atoms with Gasteiger partial charge in [0.05, 0.1) is 10.8 Å². The quantitative estimate of drug-likeness (QED) is 0.684. The van der Waals surface area contributed by atoms with Crippen molar-refractivity contribution in [1.29, 1.82) is 0 Å². The molecule has 0 aliphatic carbocycles. The van der Waals surface area contributed by atoms with Gasteiger partial charge in [-0.3, -0.25) is 4.79 Å². The van der Waals surface area contributed by atoms with Crippen LogP contribution in [0.3, 0.4) is 0 Å². The Hall–Kier alpha value is -1.24. The Morgan fingerprint density at radius 3 is 2.70 bits per heavy atom. The molecule has 0 aliphatic heterocycles. The van der Waals surface area contributed by atoms with Crippen molar-refractivity contribution >= 4 is 40.7 Å². The fraction of sp³-hybridized carbons (Fsp3) is 0.400. The molecule has 0 saturated heterocycles. The maximum atomic E-state index is 11.9. The SMILES string of the molecule is CC(C)(C)C(=O)CSc1nnc(COc2ccc(Cl)cc2Cl)o1. The van der Waals surface area contributed by atoms with Gasteiger partial charge in [0.2, 0.25) is 0 Å². The molecular weight excluding hydrogens is 359 g/mol. The van der Waals surface area contributed by atoms with E-state index in [0.29, 0.717) is 26.9 Å². The largest absolute Gasteiger partial charge is 0.482 e. The molecular formula is C15H16Cl2N2O3S. The highest BCUT2D eigenvalue weighted by Crippen LogP contribution is 2.28. The Bertz CT molecular complexity index is 698. The van der Waals surface area contributed by atoms with Crippen molar-refractivity contribution < 1.29 is 13.9 Å². The minimum absolute atomic E-state index is 0.0854. The molecule has 1 aromatic carbocycles. The normalized spacial score (nSPS) is 11.5. The minimum atomic E-state index is -0.385. The van der Waals surface area contributed by atoms with Gasteiger partial charge >= 0.3 is 0 Å². The van der Waals surface area contributed by atoms with Crippen LogP contribution in [-0.4, -0.2) is 21.7 Å². The molecule has 0 unspecified atom stereocenters. The molecule has 1 aromatic heterocycles. The van der Waals surface area contributed by atoms with Crippen LogP contribution < -0.4 is 4.74 Å². The fourth-order valence-electron chi connectivity index (χ4n) is 1.43. The van der Waals surface area contributed by atoms with Gasteiger partial charge in [-0.05, 0) is 18.2 Å². The number of halogens is 2. The average Bonchev–Trinajstić information content (AvgIpc) is 2.90. The molecule has 23 heavy (non-hydrogen) atoms. The van der Waals surface area contributed by atoms with Crippen molar-refractivity contribution in [3.05, 3.63) is 34.1 Å². The van der Waals surface area contributed by atoms with Gasteiger partial charge in [-0.25, -0.2) is 0 Å². The number of hydrogen-bond donors (Lipinski definition) is 0. The second kappa shape index (κ2) is 7.55. The van der Waals surface area contributed by atoms with E-state index >= 15 is 0 Å². The number of benzene rings is 1. The predicted octanol–water partition coefficient (Wildman–Crippen LogP) is 4.66. The van der Waals surface area contributed by atoms with Crippen LogP contribution in [0, 0.1) is 5.41 Å². The summed E-state index contributed by atoms with van der Waals surface area (Å²) in [4.78, 5) is 11.9. The van der Waals surface area contributed by atoms with Crippen molar-refractivity contribution in [2.75, 3.05) is 5.75 Å². The summed E-state index contributed by atoms with van der Waals surface area (Å²) in [6, 6.07) is 4.93. The Morgan fingerprint density at radius 2 is 2.04 bits per heavy atom. The van der Waals surface area contributed by atoms with E-state index < -0.39 is 0 Å². The maximum absolute atomic E-state index is 11.9. The lowest BCUT2D eigenvalue weighted by molar-refractivity contribution is -0.123. The number of nitrogens with zero attached hydrogens (tertiary/aromatic N) is 2. The molecule has 0 radical (unpaired) electrons. The van der Waals surface area contributed by atoms with Crippen molar-refractivity contribution in [2.24, 2.45) is 5.41 Å². The molecule has 2 rings (SSSR count). The highest BCUT2D eigenvalue weighted by molar-refractivity contribution is 7.99. The van der Waals surface area contributed by atoms with Gasteiger partial charge < -0.3 is 9.15 Å². The van der Waals surface area contributed by atoms with E-state index in [9.17, 15) is 4.79 Å². The van der Waals surface area contributed by atoms with E-state index in [1.165, 1.54) is 11.8 Å². The number of ether oxygens (including phenoxy) is 1. The van der Waals surface area contributed by atoms with Crippen molar-refractivity contribution in [1.82, 2.24) is 10.2 Å². The predicted molar refractivity (Wildman–Crippen MR) is 90.3 cm³/mol. The summed E-state index contributed by atoms with van der Waals surface area (Å²) in [5.74, 6) is 1.19. The smallest absolute Gasteiger partial charge is 0.277 e. The third-order valence-electron chi connectivity index (χ3n) is 2.86. The first-order chi connectivity index (χ1) is 10.8. The summed E-state index contributed by atoms with van der Waals surface area (Å²) in [5, 5.41) is 9.03. The standard InChI is InChI=1S/C15H16Cl2N2O3S/c1-15(2,3)12(20)8-23-14-19-18-13(22-14)7-21-11-5-4-9(16)6-10(11)17/h4-6H,7-8H2,1-3H3. The zero-order chi connectivity index (χ0) is 17.0. The molecule has 5 nitrogen and oxygen atoms in total. The molecule has 8 heteroatoms. The number of carbonyl (C=O) groups excluding carboxylic acids is 1. The molecule has 0 N–H and O–H groups in total. The van der Waals surface area contributed by atoms with Crippen LogP contribution in [0.1, 0.15) is 26.7 Å². The number of hydrogen-bond acceptors (Lipinski definition) is 6. The molecule has 2 aromatic rings. The Labute approximate surface area is 148 Å². The number of thioether (sulfide) groups is 1. The summed E-state index contributed by atoms with van der Waals surface area (Å²) in [6.45, 7) is 5.71. The Morgan fingerprint density at radius 1 is 1.30 bits per heavy atom. The first kappa shape index (κ1) is 18.1. The van der Waals surface area contributed by atoms with Gasteiger partial charge in [0.25, 0.3) is 11.1 Å². The lowest BCUT2D eigenvalue weighted by Crippen LogP contribution is -2.21. The number of carbonyl (C=O) groups is 1. The Balaban J connectivity index is 1.88. The fourth-order valence-corrected chi connectivity index (χ4v) is 2.83. The second-order valence-electron chi connectivity index (χ2n) is 5.79. The lowest BCUT2D eigenvalue weighted by atomic mass is 9.92. The van der Waals surface area contributed by atoms with Crippen LogP contribution in [0.4, 0.5) is 0 Å². The van der Waals surface area contributed by atoms with Crippen LogP contribution in [0.25, 0.3) is 0 Å². The Kier molecular flexibility index (Phi) is 5.95. The summed E-state index contributed by atoms with van der Waals surface area (Å²) < 4.78 is 10.9. The molecule has 0 aliphatic rings. The van der Waals surface area contributed by atoms with Crippen LogP contribution in [-0.2, 0) is 11.4 Å². The minimum Gasteiger partial charge on any atom is -0.482 e. The molecule has 0 bridgehead atoms. The zero-order valence-electron chi connectivity index (χ0n) is 12.9. The van der Waals surface area contributed by atoms with E-state index in [1.54, 1.807) is 18.2 Å². The third-order valence-corrected chi connectivity index (χ3v) is 4.21. The van der Waals surface area contributed by atoms with Crippen LogP contribution >= 0.6 is 35.0 Å². The van der Waals surface area contributed by atoms with E-state index in [4.69, 9.17) is 32.4 Å². The molecule has 0 saturated carbocycles. The first-order valence-corrected chi connectivity index (χ1v) is 8.56. The maximum Gasteiger partial charge on any atom is 0.277 e. The molecule has 0 atom stereocenters. The highest BCUT2D eigenvalue weighted by Gasteiger charge is 2.22. The van der Waals surface area contributed by atoms with Gasteiger partial charge in [0, 0.05) is 10.4 Å². The van der Waals surface area contributed by atoms with Gasteiger partial charge in [-0.2, -0.15) is 0 Å². The molecule has 0 spiro atoms. The summed E-state index contributed by atoms with van der Waals surface area (Å²) in [5.41, 5.74) is -0.385. The van der Waals surface area contributed by atoms with E-state index in [2.05, 4.69) is 10.2 Å². The van der Waals surface area contributed by atoms with E-state index in [-0.39, 0.29) is 23.6 Å². The molecule has 1 heterocycles. The van der Waals surface area contributed by atoms with Gasteiger partial charge in [0.1, 0.15) is 11.5 Å². The number of Topliss-reactive ketones (excluding diaryl/α,β-unsaturated/α-hetero) is 1. The van der Waals surface area contributed by atoms with Crippen molar-refractivity contribution in [3.63, 3.8) is 0 Å². The molecule has 0 amide bonds. The van der Waals surface area contributed by atoms with E-state index in [0.717, 1.165) is 0 Å². The number of rotatable bonds is 6. The number of ketones is 1. The number of aromatic nitrogens is 2. The van der Waals surface area contributed by atoms with Crippen molar-refractivity contribution in [3.8, 4) is 5.75 Å². The van der Waals surface area contributed by atoms with Crippen LogP contribution in [0.5, 0.6) is 5.75 Å². The van der Waals surface area contributed by atoms with Gasteiger partial charge in [-0.15, -0.1) is 10.2 Å². The zero-order valence-corrected chi connectivity index (χ0v) is 15.3. The van der Waals surface area contributed by atoms with Gasteiger partial charge in [0.15, 0.2) is 6.61 Å².